The second kappa shape index (κ2) is 13.7. The second-order valence-corrected chi connectivity index (χ2v) is 15.2. The summed E-state index contributed by atoms with van der Waals surface area (Å²) in [6.45, 7) is 2.75. The molecule has 53 heavy (non-hydrogen) atoms. The molecule has 0 spiro atoms. The third kappa shape index (κ3) is 6.34. The largest absolute Gasteiger partial charge is 0.458 e. The third-order valence-electron chi connectivity index (χ3n) is 12.0. The van der Waals surface area contributed by atoms with Crippen molar-refractivity contribution >= 4 is 40.6 Å². The molecule has 13 nitrogen and oxygen atoms in total. The number of hydrogen-bond donors (Lipinski definition) is 2. The van der Waals surface area contributed by atoms with E-state index in [1.54, 1.807) is 35.8 Å². The fraction of sp³-hybridized carbons (Fsp3) is 0.475. The van der Waals surface area contributed by atoms with Gasteiger partial charge in [0, 0.05) is 47.7 Å². The minimum absolute atomic E-state index is 0.0567. The molecule has 0 bridgehead atoms. The van der Waals surface area contributed by atoms with Gasteiger partial charge in [-0.1, -0.05) is 6.92 Å². The molecule has 5 aliphatic rings. The molecule has 13 heteroatoms. The van der Waals surface area contributed by atoms with Crippen molar-refractivity contribution in [3.05, 3.63) is 69.5 Å². The van der Waals surface area contributed by atoms with Gasteiger partial charge in [0.15, 0.2) is 5.60 Å². The lowest BCUT2D eigenvalue weighted by Crippen LogP contribution is -2.44. The summed E-state index contributed by atoms with van der Waals surface area (Å²) in [5, 5.41) is 15.0. The average Bonchev–Trinajstić information content (AvgIpc) is 3.69. The van der Waals surface area contributed by atoms with Crippen molar-refractivity contribution in [3.63, 3.8) is 0 Å². The number of ether oxygens (including phenoxy) is 2. The van der Waals surface area contributed by atoms with Gasteiger partial charge in [-0.25, -0.2) is 9.78 Å². The van der Waals surface area contributed by atoms with Crippen LogP contribution >= 0.6 is 0 Å². The first-order chi connectivity index (χ1) is 25.5. The first kappa shape index (κ1) is 34.9. The van der Waals surface area contributed by atoms with Gasteiger partial charge in [0.1, 0.15) is 12.4 Å². The Labute approximate surface area is 305 Å². The normalized spacial score (nSPS) is 26.2. The number of imide groups is 1. The van der Waals surface area contributed by atoms with Crippen molar-refractivity contribution in [2.75, 3.05) is 13.1 Å². The Morgan fingerprint density at radius 1 is 0.943 bits per heavy atom. The molecule has 2 fully saturated rings. The number of aromatic nitrogens is 2. The van der Waals surface area contributed by atoms with Gasteiger partial charge in [-0.2, -0.15) is 0 Å². The van der Waals surface area contributed by atoms with Crippen LogP contribution < -0.4 is 15.6 Å². The highest BCUT2D eigenvalue weighted by Crippen LogP contribution is 2.39. The molecule has 5 heterocycles. The molecule has 1 aromatic carbocycles. The molecular weight excluding hydrogens is 680 g/mol. The van der Waals surface area contributed by atoms with Gasteiger partial charge < -0.3 is 24.5 Å². The zero-order valence-corrected chi connectivity index (χ0v) is 29.6. The Balaban J connectivity index is 0.836. The van der Waals surface area contributed by atoms with Gasteiger partial charge in [0.05, 0.1) is 34.9 Å². The lowest BCUT2D eigenvalue weighted by Gasteiger charge is -2.31. The quantitative estimate of drug-likeness (QED) is 0.155. The number of nitrogens with zero attached hydrogens (tertiary/aromatic N) is 3. The number of amides is 3. The van der Waals surface area contributed by atoms with E-state index >= 15 is 0 Å². The van der Waals surface area contributed by atoms with Gasteiger partial charge in [-0.15, -0.1) is 0 Å². The van der Waals surface area contributed by atoms with Crippen LogP contribution in [-0.4, -0.2) is 62.3 Å². The van der Waals surface area contributed by atoms with Crippen molar-refractivity contribution in [3.8, 4) is 17.1 Å². The Morgan fingerprint density at radius 3 is 2.36 bits per heavy atom. The molecule has 2 aliphatic carbocycles. The maximum Gasteiger partial charge on any atom is 0.343 e. The minimum Gasteiger partial charge on any atom is -0.458 e. The molecule has 276 valence electrons. The molecular formula is C40H42N4O9. The van der Waals surface area contributed by atoms with Crippen molar-refractivity contribution in [1.29, 1.82) is 0 Å². The Morgan fingerprint density at radius 2 is 1.64 bits per heavy atom. The number of esters is 2. The maximum absolute atomic E-state index is 13.5. The highest BCUT2D eigenvalue weighted by atomic mass is 16.6. The summed E-state index contributed by atoms with van der Waals surface area (Å²) >= 11 is 0. The standard InChI is InChI=1S/C40H42N4O9/c1-2-40(51)30-17-32-35-27(20-43(32)37(48)29(30)21-52-39(40)50)15-26-16-28(11-12-31(26)42-35)53-38(49)25-9-3-22(4-10-25)18-41-36(47)24-7-5-23(6-8-24)19-44-33(45)13-14-34(44)46/h11-17,22-25,51H,2-10,18-21H2,1H3,(H,41,47)/t22?,23?,24?,25?,40-/m0/s1. The first-order valence-electron chi connectivity index (χ1n) is 18.7. The molecule has 2 aromatic heterocycles. The first-order valence-corrected chi connectivity index (χ1v) is 18.7. The minimum atomic E-state index is -1.89. The summed E-state index contributed by atoms with van der Waals surface area (Å²) in [6.07, 6.45) is 8.75. The number of nitrogens with one attached hydrogen (secondary N) is 1. The monoisotopic (exact) mass is 722 g/mol. The van der Waals surface area contributed by atoms with Gasteiger partial charge in [-0.05, 0) is 100.0 Å². The van der Waals surface area contributed by atoms with E-state index in [-0.39, 0.29) is 77.7 Å². The second-order valence-electron chi connectivity index (χ2n) is 15.2. The highest BCUT2D eigenvalue weighted by Gasteiger charge is 2.45. The summed E-state index contributed by atoms with van der Waals surface area (Å²) in [5.41, 5.74) is 0.906. The topological polar surface area (TPSA) is 174 Å². The molecule has 0 saturated heterocycles. The van der Waals surface area contributed by atoms with Crippen LogP contribution in [0.25, 0.3) is 22.3 Å². The third-order valence-corrected chi connectivity index (χ3v) is 12.0. The number of cyclic esters (lactones) is 1. The van der Waals surface area contributed by atoms with Crippen LogP contribution in [0.4, 0.5) is 0 Å². The lowest BCUT2D eigenvalue weighted by atomic mass is 9.80. The maximum atomic E-state index is 13.5. The molecule has 2 N–H and O–H groups in total. The fourth-order valence-electron chi connectivity index (χ4n) is 8.69. The summed E-state index contributed by atoms with van der Waals surface area (Å²) < 4.78 is 12.6. The zero-order chi connectivity index (χ0) is 37.0. The molecule has 3 aliphatic heterocycles. The molecule has 1 atom stereocenters. The van der Waals surface area contributed by atoms with E-state index in [0.29, 0.717) is 54.5 Å². The Hall–Kier alpha value is -5.17. The van der Waals surface area contributed by atoms with Crippen LogP contribution in [0.5, 0.6) is 5.75 Å². The van der Waals surface area contributed by atoms with Crippen molar-refractivity contribution in [2.24, 2.45) is 23.7 Å². The zero-order valence-electron chi connectivity index (χ0n) is 29.6. The molecule has 2 saturated carbocycles. The van der Waals surface area contributed by atoms with Crippen LogP contribution in [-0.2, 0) is 47.5 Å². The van der Waals surface area contributed by atoms with Crippen molar-refractivity contribution < 1.29 is 38.6 Å². The van der Waals surface area contributed by atoms with E-state index in [1.807, 2.05) is 6.07 Å². The summed E-state index contributed by atoms with van der Waals surface area (Å²) in [6, 6.07) is 8.86. The SMILES string of the molecule is CC[C@@]1(O)C(=O)OCc2c1cc1n(c2=O)Cc2cc3cc(OC(=O)C4CCC(CNC(=O)C5CCC(CN6C(=O)C=CC6=O)CC5)CC4)ccc3nc2-1. The number of hydrogen-bond acceptors (Lipinski definition) is 10. The lowest BCUT2D eigenvalue weighted by molar-refractivity contribution is -0.172. The summed E-state index contributed by atoms with van der Waals surface area (Å²) in [5.74, 6) is -0.881. The number of carbonyl (C=O) groups excluding carboxylic acids is 5. The van der Waals surface area contributed by atoms with Crippen LogP contribution in [0.1, 0.15) is 81.4 Å². The van der Waals surface area contributed by atoms with Crippen LogP contribution in [0.2, 0.25) is 0 Å². The smallest absolute Gasteiger partial charge is 0.343 e. The number of fused-ring (bicyclic) bond motifs is 5. The Kier molecular flexibility index (Phi) is 9.00. The molecule has 0 unspecified atom stereocenters. The number of benzene rings is 1. The molecule has 8 rings (SSSR count). The van der Waals surface area contributed by atoms with E-state index in [0.717, 1.165) is 49.5 Å². The number of pyridine rings is 2. The number of carbonyl (C=O) groups is 5. The van der Waals surface area contributed by atoms with E-state index in [9.17, 15) is 33.9 Å². The van der Waals surface area contributed by atoms with Crippen LogP contribution in [0, 0.1) is 23.7 Å². The van der Waals surface area contributed by atoms with Gasteiger partial charge >= 0.3 is 11.9 Å². The molecule has 0 radical (unpaired) electrons. The van der Waals surface area contributed by atoms with Crippen LogP contribution in [0.3, 0.4) is 0 Å². The van der Waals surface area contributed by atoms with Crippen molar-refractivity contribution in [1.82, 2.24) is 19.8 Å². The van der Waals surface area contributed by atoms with E-state index < -0.39 is 11.6 Å². The highest BCUT2D eigenvalue weighted by molar-refractivity contribution is 6.12. The predicted octanol–water partition coefficient (Wildman–Crippen LogP) is 3.64. The molecule has 3 aromatic rings. The van der Waals surface area contributed by atoms with Crippen molar-refractivity contribution in [2.45, 2.75) is 83.5 Å². The predicted molar refractivity (Wildman–Crippen MR) is 190 cm³/mol. The van der Waals surface area contributed by atoms with Crippen LogP contribution in [0.15, 0.2) is 47.3 Å². The summed E-state index contributed by atoms with van der Waals surface area (Å²) in [4.78, 5) is 81.9. The average molecular weight is 723 g/mol. The van der Waals surface area contributed by atoms with E-state index in [1.165, 1.54) is 17.1 Å². The fourth-order valence-corrected chi connectivity index (χ4v) is 8.69. The van der Waals surface area contributed by atoms with Gasteiger partial charge in [-0.3, -0.25) is 28.9 Å². The molecule has 3 amide bonds. The van der Waals surface area contributed by atoms with Gasteiger partial charge in [0.25, 0.3) is 17.4 Å². The number of aliphatic hydroxyl groups is 1. The van der Waals surface area contributed by atoms with Gasteiger partial charge in [0.2, 0.25) is 5.91 Å². The number of rotatable bonds is 8. The van der Waals surface area contributed by atoms with E-state index in [2.05, 4.69) is 5.32 Å². The van der Waals surface area contributed by atoms with E-state index in [4.69, 9.17) is 14.5 Å². The Bertz CT molecular complexity index is 2120. The summed E-state index contributed by atoms with van der Waals surface area (Å²) in [7, 11) is 0.